The van der Waals surface area contributed by atoms with Crippen LogP contribution in [0.4, 0.5) is 0 Å². The summed E-state index contributed by atoms with van der Waals surface area (Å²) >= 11 is 0. The van der Waals surface area contributed by atoms with Gasteiger partial charge in [-0.05, 0) is 25.7 Å². The van der Waals surface area contributed by atoms with E-state index in [1.165, 1.54) is 13.3 Å². The van der Waals surface area contributed by atoms with Crippen LogP contribution in [0.15, 0.2) is 11.6 Å². The summed E-state index contributed by atoms with van der Waals surface area (Å²) in [6.07, 6.45) is 6.91. The van der Waals surface area contributed by atoms with Crippen LogP contribution >= 0.6 is 0 Å². The van der Waals surface area contributed by atoms with Crippen molar-refractivity contribution in [3.63, 3.8) is 0 Å². The third-order valence-corrected chi connectivity index (χ3v) is 2.17. The first kappa shape index (κ1) is 9.17. The summed E-state index contributed by atoms with van der Waals surface area (Å²) in [6.45, 7) is 1.34. The lowest BCUT2D eigenvalue weighted by Gasteiger charge is -2.10. The molecule has 0 aliphatic heterocycles. The first-order valence-electron chi connectivity index (χ1n) is 4.42. The Labute approximate surface area is 72.7 Å². The van der Waals surface area contributed by atoms with E-state index in [2.05, 4.69) is 6.08 Å². The van der Waals surface area contributed by atoms with Gasteiger partial charge in [-0.25, -0.2) is 0 Å². The zero-order chi connectivity index (χ0) is 8.97. The van der Waals surface area contributed by atoms with Gasteiger partial charge in [0.15, 0.2) is 5.78 Å². The van der Waals surface area contributed by atoms with Crippen molar-refractivity contribution in [1.29, 1.82) is 0 Å². The lowest BCUT2D eigenvalue weighted by atomic mass is 9.95. The monoisotopic (exact) mass is 166 g/mol. The van der Waals surface area contributed by atoms with E-state index in [-0.39, 0.29) is 11.6 Å². The van der Waals surface area contributed by atoms with Crippen LogP contribution in [0.5, 0.6) is 0 Å². The molecule has 0 aromatic heterocycles. The second-order valence-corrected chi connectivity index (χ2v) is 3.26. The van der Waals surface area contributed by atoms with Crippen molar-refractivity contribution in [2.75, 3.05) is 0 Å². The number of hydrogen-bond donors (Lipinski definition) is 0. The molecule has 2 heteroatoms. The average Bonchev–Trinajstić information content (AvgIpc) is 2.06. The SMILES string of the molecule is CC(=O)C(=O)CC1=CCCCC1. The number of hydrogen-bond acceptors (Lipinski definition) is 2. The van der Waals surface area contributed by atoms with E-state index in [0.29, 0.717) is 6.42 Å². The van der Waals surface area contributed by atoms with Crippen LogP contribution in [0.3, 0.4) is 0 Å². The van der Waals surface area contributed by atoms with Crippen LogP contribution in [0.1, 0.15) is 39.0 Å². The molecule has 0 N–H and O–H groups in total. The van der Waals surface area contributed by atoms with Crippen molar-refractivity contribution in [3.05, 3.63) is 11.6 Å². The van der Waals surface area contributed by atoms with Gasteiger partial charge in [0.25, 0.3) is 0 Å². The summed E-state index contributed by atoms with van der Waals surface area (Å²) in [5, 5.41) is 0. The minimum Gasteiger partial charge on any atom is -0.291 e. The van der Waals surface area contributed by atoms with Gasteiger partial charge in [-0.1, -0.05) is 11.6 Å². The molecule has 2 nitrogen and oxygen atoms in total. The Balaban J connectivity index is 2.44. The summed E-state index contributed by atoms with van der Waals surface area (Å²) in [5.41, 5.74) is 1.15. The first-order valence-corrected chi connectivity index (χ1v) is 4.42. The third-order valence-electron chi connectivity index (χ3n) is 2.17. The fourth-order valence-electron chi connectivity index (χ4n) is 1.40. The fourth-order valence-corrected chi connectivity index (χ4v) is 1.40. The zero-order valence-electron chi connectivity index (χ0n) is 7.43. The van der Waals surface area contributed by atoms with Gasteiger partial charge in [0.05, 0.1) is 0 Å². The van der Waals surface area contributed by atoms with Crippen LogP contribution < -0.4 is 0 Å². The number of allylic oxidation sites excluding steroid dienone is 2. The molecule has 0 unspecified atom stereocenters. The van der Waals surface area contributed by atoms with E-state index in [4.69, 9.17) is 0 Å². The van der Waals surface area contributed by atoms with Gasteiger partial charge in [0.1, 0.15) is 0 Å². The fraction of sp³-hybridized carbons (Fsp3) is 0.600. The Morgan fingerprint density at radius 3 is 2.67 bits per heavy atom. The lowest BCUT2D eigenvalue weighted by molar-refractivity contribution is -0.134. The van der Waals surface area contributed by atoms with Gasteiger partial charge in [-0.15, -0.1) is 0 Å². The van der Waals surface area contributed by atoms with E-state index in [1.54, 1.807) is 0 Å². The number of rotatable bonds is 3. The van der Waals surface area contributed by atoms with E-state index >= 15 is 0 Å². The largest absolute Gasteiger partial charge is 0.291 e. The Kier molecular flexibility index (Phi) is 3.20. The second kappa shape index (κ2) is 4.19. The van der Waals surface area contributed by atoms with Gasteiger partial charge in [-0.3, -0.25) is 9.59 Å². The maximum Gasteiger partial charge on any atom is 0.202 e. The van der Waals surface area contributed by atoms with Crippen LogP contribution in [-0.2, 0) is 9.59 Å². The highest BCUT2D eigenvalue weighted by atomic mass is 16.2. The molecular weight excluding hydrogens is 152 g/mol. The summed E-state index contributed by atoms with van der Waals surface area (Å²) in [4.78, 5) is 21.7. The molecule has 0 amide bonds. The van der Waals surface area contributed by atoms with E-state index < -0.39 is 0 Å². The van der Waals surface area contributed by atoms with Gasteiger partial charge in [0, 0.05) is 13.3 Å². The minimum atomic E-state index is -0.318. The molecular formula is C10H14O2. The molecule has 0 aromatic rings. The molecule has 0 saturated heterocycles. The Bertz CT molecular complexity index is 226. The second-order valence-electron chi connectivity index (χ2n) is 3.26. The van der Waals surface area contributed by atoms with E-state index in [0.717, 1.165) is 24.8 Å². The predicted molar refractivity (Wildman–Crippen MR) is 46.9 cm³/mol. The first-order chi connectivity index (χ1) is 5.70. The highest BCUT2D eigenvalue weighted by Gasteiger charge is 2.11. The van der Waals surface area contributed by atoms with Crippen LogP contribution in [0.2, 0.25) is 0 Å². The van der Waals surface area contributed by atoms with Crippen molar-refractivity contribution in [2.45, 2.75) is 39.0 Å². The molecule has 66 valence electrons. The molecule has 1 aliphatic rings. The van der Waals surface area contributed by atoms with Crippen molar-refractivity contribution in [3.8, 4) is 0 Å². The maximum atomic E-state index is 11.0. The maximum absolute atomic E-state index is 11.0. The summed E-state index contributed by atoms with van der Waals surface area (Å²) in [7, 11) is 0. The smallest absolute Gasteiger partial charge is 0.202 e. The molecule has 0 atom stereocenters. The highest BCUT2D eigenvalue weighted by molar-refractivity contribution is 6.36. The number of carbonyl (C=O) groups is 2. The van der Waals surface area contributed by atoms with Crippen molar-refractivity contribution < 1.29 is 9.59 Å². The minimum absolute atomic E-state index is 0.247. The average molecular weight is 166 g/mol. The zero-order valence-corrected chi connectivity index (χ0v) is 7.43. The summed E-state index contributed by atoms with van der Waals surface area (Å²) in [5.74, 6) is -0.565. The molecule has 1 rings (SSSR count). The lowest BCUT2D eigenvalue weighted by Crippen LogP contribution is -2.10. The molecule has 12 heavy (non-hydrogen) atoms. The topological polar surface area (TPSA) is 34.1 Å². The van der Waals surface area contributed by atoms with Gasteiger partial charge < -0.3 is 0 Å². The molecule has 0 bridgehead atoms. The standard InChI is InChI=1S/C10H14O2/c1-8(11)10(12)7-9-5-3-2-4-6-9/h5H,2-4,6-7H2,1H3. The Morgan fingerprint density at radius 2 is 2.17 bits per heavy atom. The van der Waals surface area contributed by atoms with Gasteiger partial charge >= 0.3 is 0 Å². The third kappa shape index (κ3) is 2.61. The Hall–Kier alpha value is -0.920. The number of carbonyl (C=O) groups excluding carboxylic acids is 2. The van der Waals surface area contributed by atoms with Crippen molar-refractivity contribution >= 4 is 11.6 Å². The number of ketones is 2. The molecule has 0 aromatic carbocycles. The summed E-state index contributed by atoms with van der Waals surface area (Å²) < 4.78 is 0. The van der Waals surface area contributed by atoms with E-state index in [9.17, 15) is 9.59 Å². The molecule has 0 heterocycles. The highest BCUT2D eigenvalue weighted by Crippen LogP contribution is 2.20. The van der Waals surface area contributed by atoms with Crippen LogP contribution in [0.25, 0.3) is 0 Å². The molecule has 1 aliphatic carbocycles. The summed E-state index contributed by atoms with van der Waals surface area (Å²) in [6, 6.07) is 0. The van der Waals surface area contributed by atoms with Gasteiger partial charge in [-0.2, -0.15) is 0 Å². The molecule has 0 radical (unpaired) electrons. The van der Waals surface area contributed by atoms with Crippen molar-refractivity contribution in [1.82, 2.24) is 0 Å². The molecule has 0 spiro atoms. The number of Topliss-reactive ketones (excluding diaryl/α,β-unsaturated/α-hetero) is 2. The van der Waals surface area contributed by atoms with E-state index in [1.807, 2.05) is 0 Å². The Morgan fingerprint density at radius 1 is 1.42 bits per heavy atom. The van der Waals surface area contributed by atoms with Gasteiger partial charge in [0.2, 0.25) is 5.78 Å². The van der Waals surface area contributed by atoms with Crippen molar-refractivity contribution in [2.24, 2.45) is 0 Å². The normalized spacial score (nSPS) is 16.9. The van der Waals surface area contributed by atoms with Crippen LogP contribution in [0, 0.1) is 0 Å². The predicted octanol–water partition coefficient (Wildman–Crippen LogP) is 2.04. The quantitative estimate of drug-likeness (QED) is 0.475. The molecule has 0 fully saturated rings. The molecule has 0 saturated carbocycles. The van der Waals surface area contributed by atoms with Crippen LogP contribution in [-0.4, -0.2) is 11.6 Å².